The maximum absolute atomic E-state index is 14.5. The minimum Gasteiger partial charge on any atom is -0.368 e. The number of amides is 5. The van der Waals surface area contributed by atoms with Gasteiger partial charge in [-0.05, 0) is 84.8 Å². The molecule has 0 aliphatic rings. The summed E-state index contributed by atoms with van der Waals surface area (Å²) in [7, 11) is 0. The van der Waals surface area contributed by atoms with E-state index in [9.17, 15) is 24.0 Å². The van der Waals surface area contributed by atoms with Crippen molar-refractivity contribution in [1.82, 2.24) is 26.3 Å². The fourth-order valence-electron chi connectivity index (χ4n) is 6.92. The van der Waals surface area contributed by atoms with Crippen molar-refractivity contribution in [1.29, 1.82) is 0 Å². The second-order valence-electron chi connectivity index (χ2n) is 14.5. The molecule has 13 N–H and O–H groups in total. The third kappa shape index (κ3) is 12.2. The first-order valence-electron chi connectivity index (χ1n) is 19.8. The van der Waals surface area contributed by atoms with E-state index in [4.69, 9.17) is 22.9 Å². The number of benzene rings is 3. The van der Waals surface area contributed by atoms with Crippen LogP contribution in [0.2, 0.25) is 0 Å². The highest BCUT2D eigenvalue weighted by Gasteiger charge is 2.33. The summed E-state index contributed by atoms with van der Waals surface area (Å²) in [6.07, 6.45) is 5.28. The normalized spacial score (nSPS) is 13.9. The summed E-state index contributed by atoms with van der Waals surface area (Å²) in [6.45, 7) is 0.893. The van der Waals surface area contributed by atoms with Gasteiger partial charge in [0.1, 0.15) is 24.2 Å². The Hall–Kier alpha value is -5.61. The zero-order chi connectivity index (χ0) is 41.4. The number of aromatic amines is 1. The monoisotopic (exact) mass is 809 g/mol. The van der Waals surface area contributed by atoms with Gasteiger partial charge in [-0.1, -0.05) is 73.2 Å². The van der Waals surface area contributed by atoms with Crippen LogP contribution in [0.4, 0.5) is 0 Å². The molecule has 0 fully saturated rings. The molecule has 3 aromatic carbocycles. The number of aromatic nitrogens is 1. The Morgan fingerprint density at radius 2 is 1.12 bits per heavy atom. The lowest BCUT2D eigenvalue weighted by atomic mass is 10.00. The number of nitrogens with two attached hydrogens (primary N) is 4. The zero-order valence-electron chi connectivity index (χ0n) is 32.6. The van der Waals surface area contributed by atoms with Gasteiger partial charge in [0.25, 0.3) is 0 Å². The Morgan fingerprint density at radius 1 is 0.586 bits per heavy atom. The molecule has 15 heteroatoms. The van der Waals surface area contributed by atoms with Gasteiger partial charge in [0, 0.05) is 41.1 Å². The number of carbonyl (C=O) groups is 5. The average Bonchev–Trinajstić information content (AvgIpc) is 3.83. The second kappa shape index (κ2) is 21.8. The first kappa shape index (κ1) is 43.5. The molecule has 14 nitrogen and oxygen atoms in total. The molecule has 0 spiro atoms. The van der Waals surface area contributed by atoms with E-state index in [0.29, 0.717) is 45.2 Å². The fourth-order valence-corrected chi connectivity index (χ4v) is 7.90. The van der Waals surface area contributed by atoms with Crippen molar-refractivity contribution in [3.8, 4) is 0 Å². The average molecular weight is 810 g/mol. The summed E-state index contributed by atoms with van der Waals surface area (Å²) >= 11 is 1.53. The number of thiophene rings is 1. The molecule has 308 valence electrons. The summed E-state index contributed by atoms with van der Waals surface area (Å²) in [4.78, 5) is 72.0. The largest absolute Gasteiger partial charge is 0.368 e. The molecule has 0 aliphatic carbocycles. The van der Waals surface area contributed by atoms with Crippen molar-refractivity contribution >= 4 is 61.9 Å². The Bertz CT molecular complexity index is 2140. The van der Waals surface area contributed by atoms with Crippen molar-refractivity contribution in [2.75, 3.05) is 13.1 Å². The minimum atomic E-state index is -1.20. The van der Waals surface area contributed by atoms with E-state index in [1.165, 1.54) is 11.3 Å². The molecule has 2 heterocycles. The molecule has 0 saturated carbocycles. The molecule has 5 aromatic rings. The predicted molar refractivity (Wildman–Crippen MR) is 228 cm³/mol. The van der Waals surface area contributed by atoms with Crippen LogP contribution in [0.5, 0.6) is 0 Å². The van der Waals surface area contributed by atoms with Crippen LogP contribution in [0.15, 0.2) is 90.4 Å². The highest BCUT2D eigenvalue weighted by atomic mass is 32.1. The van der Waals surface area contributed by atoms with Gasteiger partial charge in [-0.2, -0.15) is 0 Å². The van der Waals surface area contributed by atoms with Gasteiger partial charge in [0.05, 0.1) is 6.04 Å². The van der Waals surface area contributed by atoms with Crippen molar-refractivity contribution in [2.24, 2.45) is 22.9 Å². The van der Waals surface area contributed by atoms with Crippen LogP contribution in [0.1, 0.15) is 55.2 Å². The van der Waals surface area contributed by atoms with Crippen LogP contribution in [0, 0.1) is 0 Å². The predicted octanol–water partition coefficient (Wildman–Crippen LogP) is 2.42. The first-order chi connectivity index (χ1) is 28.1. The Labute approximate surface area is 342 Å². The van der Waals surface area contributed by atoms with Gasteiger partial charge in [-0.25, -0.2) is 0 Å². The standard InChI is InChI=1S/C43H55N9O5S/c44-20-10-8-16-32(46)40(54)50-37(24-29-26-58-38-19-7-5-15-31(29)38)43(57)52-36(23-28-25-48-33-17-6-4-14-30(28)33)42(56)51-35(22-27-12-2-1-3-13-27)41(55)49-34(39(47)53)18-9-11-21-45/h1-7,12-15,17,19,25-26,32,34-37,48H,8-11,16,18,20-24,44-46H2,(H2,47,53)(H,49,55)(H,50,54)(H,51,56)(H,52,57)/t32-,34+,35-,36+,37+/m0/s1. The van der Waals surface area contributed by atoms with Gasteiger partial charge in [-0.15, -0.1) is 11.3 Å². The number of hydrogen-bond acceptors (Lipinski definition) is 9. The number of primary amides is 1. The van der Waals surface area contributed by atoms with E-state index in [-0.39, 0.29) is 25.7 Å². The summed E-state index contributed by atoms with van der Waals surface area (Å²) in [5.74, 6) is -3.05. The molecule has 5 atom stereocenters. The number of nitrogens with one attached hydrogen (secondary N) is 5. The molecule has 0 radical (unpaired) electrons. The van der Waals surface area contributed by atoms with Crippen molar-refractivity contribution in [3.05, 3.63) is 107 Å². The quantitative estimate of drug-likeness (QED) is 0.0442. The van der Waals surface area contributed by atoms with Crippen LogP contribution in [0.25, 0.3) is 21.0 Å². The molecule has 2 aromatic heterocycles. The molecule has 5 rings (SSSR count). The number of fused-ring (bicyclic) bond motifs is 2. The Balaban J connectivity index is 1.45. The molecular weight excluding hydrogens is 755 g/mol. The second-order valence-corrected chi connectivity index (χ2v) is 15.4. The van der Waals surface area contributed by atoms with Gasteiger partial charge >= 0.3 is 0 Å². The van der Waals surface area contributed by atoms with Crippen LogP contribution in [-0.4, -0.2) is 77.8 Å². The van der Waals surface area contributed by atoms with Crippen LogP contribution < -0.4 is 44.2 Å². The maximum atomic E-state index is 14.5. The minimum absolute atomic E-state index is 0.0465. The molecule has 5 amide bonds. The number of hydrogen-bond donors (Lipinski definition) is 9. The van der Waals surface area contributed by atoms with Crippen LogP contribution in [0.3, 0.4) is 0 Å². The number of para-hydroxylation sites is 1. The highest BCUT2D eigenvalue weighted by molar-refractivity contribution is 7.17. The number of rotatable bonds is 23. The fraction of sp³-hybridized carbons (Fsp3) is 0.372. The van der Waals surface area contributed by atoms with Crippen LogP contribution >= 0.6 is 11.3 Å². The number of H-pyrrole nitrogens is 1. The Morgan fingerprint density at radius 3 is 1.78 bits per heavy atom. The van der Waals surface area contributed by atoms with E-state index >= 15 is 0 Å². The number of unbranched alkanes of at least 4 members (excludes halogenated alkanes) is 2. The van der Waals surface area contributed by atoms with Crippen molar-refractivity contribution < 1.29 is 24.0 Å². The number of carbonyl (C=O) groups excluding carboxylic acids is 5. The zero-order valence-corrected chi connectivity index (χ0v) is 33.4. The highest BCUT2D eigenvalue weighted by Crippen LogP contribution is 2.27. The van der Waals surface area contributed by atoms with Crippen LogP contribution in [-0.2, 0) is 43.2 Å². The summed E-state index contributed by atoms with van der Waals surface area (Å²) in [5.41, 5.74) is 26.4. The van der Waals surface area contributed by atoms with Gasteiger partial charge in [-0.3, -0.25) is 24.0 Å². The lowest BCUT2D eigenvalue weighted by Crippen LogP contribution is -2.59. The smallest absolute Gasteiger partial charge is 0.243 e. The van der Waals surface area contributed by atoms with Crippen molar-refractivity contribution in [2.45, 2.75) is 88.0 Å². The Kier molecular flexibility index (Phi) is 16.3. The molecule has 0 unspecified atom stereocenters. The third-order valence-corrected chi connectivity index (χ3v) is 11.2. The molecular formula is C43H55N9O5S. The molecule has 0 aliphatic heterocycles. The van der Waals surface area contributed by atoms with E-state index in [1.807, 2.05) is 84.2 Å². The van der Waals surface area contributed by atoms with Crippen molar-refractivity contribution in [3.63, 3.8) is 0 Å². The lowest BCUT2D eigenvalue weighted by Gasteiger charge is -2.27. The van der Waals surface area contributed by atoms with E-state index in [0.717, 1.165) is 37.7 Å². The third-order valence-electron chi connectivity index (χ3n) is 10.2. The molecule has 0 saturated heterocycles. The maximum Gasteiger partial charge on any atom is 0.243 e. The van der Waals surface area contributed by atoms with Gasteiger partial charge < -0.3 is 49.2 Å². The topological polar surface area (TPSA) is 253 Å². The van der Waals surface area contributed by atoms with E-state index in [1.54, 1.807) is 6.20 Å². The lowest BCUT2D eigenvalue weighted by molar-refractivity contribution is -0.134. The van der Waals surface area contributed by atoms with E-state index < -0.39 is 59.7 Å². The summed E-state index contributed by atoms with van der Waals surface area (Å²) < 4.78 is 1.03. The first-order valence-corrected chi connectivity index (χ1v) is 20.7. The molecule has 0 bridgehead atoms. The van der Waals surface area contributed by atoms with E-state index in [2.05, 4.69) is 26.3 Å². The van der Waals surface area contributed by atoms with Gasteiger partial charge in [0.15, 0.2) is 0 Å². The summed E-state index contributed by atoms with van der Waals surface area (Å²) in [6, 6.07) is 19.2. The summed E-state index contributed by atoms with van der Waals surface area (Å²) in [5, 5.41) is 15.2. The molecule has 58 heavy (non-hydrogen) atoms. The SMILES string of the molecule is NCCCC[C@H](N)C(=O)N[C@H](Cc1csc2ccccc12)C(=O)N[C@H](Cc1c[nH]c2ccccc12)C(=O)N[C@@H](Cc1ccccc1)C(=O)N[C@H](CCCCN)C(N)=O. The van der Waals surface area contributed by atoms with Gasteiger partial charge in [0.2, 0.25) is 29.5 Å².